The molecule has 0 saturated carbocycles. The summed E-state index contributed by atoms with van der Waals surface area (Å²) in [5.41, 5.74) is 7.13. The second kappa shape index (κ2) is 5.98. The van der Waals surface area contributed by atoms with Gasteiger partial charge in [0.1, 0.15) is 0 Å². The second-order valence-electron chi connectivity index (χ2n) is 5.58. The van der Waals surface area contributed by atoms with Gasteiger partial charge in [0.2, 0.25) is 0 Å². The molecule has 0 bridgehead atoms. The number of fused-ring (bicyclic) bond motifs is 1. The van der Waals surface area contributed by atoms with E-state index in [0.29, 0.717) is 5.92 Å². The van der Waals surface area contributed by atoms with Crippen molar-refractivity contribution in [2.75, 3.05) is 11.9 Å². The van der Waals surface area contributed by atoms with E-state index in [1.807, 2.05) is 6.08 Å². The van der Waals surface area contributed by atoms with Gasteiger partial charge in [0, 0.05) is 11.4 Å². The first kappa shape index (κ1) is 15.5. The van der Waals surface area contributed by atoms with Gasteiger partial charge in [-0.2, -0.15) is 13.2 Å². The first-order valence-electron chi connectivity index (χ1n) is 7.29. The molecule has 0 heterocycles. The molecule has 3 rings (SSSR count). The van der Waals surface area contributed by atoms with E-state index in [1.165, 1.54) is 17.7 Å². The van der Waals surface area contributed by atoms with Crippen molar-refractivity contribution in [1.82, 2.24) is 10.9 Å². The highest BCUT2D eigenvalue weighted by molar-refractivity contribution is 5.80. The smallest absolute Gasteiger partial charge is 0.376 e. The third-order valence-electron chi connectivity index (χ3n) is 3.95. The van der Waals surface area contributed by atoms with Crippen LogP contribution in [0.4, 0.5) is 18.9 Å². The molecule has 2 aliphatic rings. The summed E-state index contributed by atoms with van der Waals surface area (Å²) in [6.07, 6.45) is 1.70. The highest BCUT2D eigenvalue weighted by Crippen LogP contribution is 2.40. The fourth-order valence-corrected chi connectivity index (χ4v) is 2.70. The summed E-state index contributed by atoms with van der Waals surface area (Å²) in [6, 6.07) is 4.75. The Kier molecular flexibility index (Phi) is 4.02. The number of allylic oxidation sites excluding steroid dienone is 4. The van der Waals surface area contributed by atoms with E-state index >= 15 is 0 Å². The number of anilines is 1. The van der Waals surface area contributed by atoms with E-state index in [2.05, 4.69) is 22.2 Å². The maximum Gasteiger partial charge on any atom is 0.416 e. The maximum atomic E-state index is 12.6. The number of carbonyl (C=O) groups is 1. The van der Waals surface area contributed by atoms with E-state index in [0.717, 1.165) is 30.7 Å². The van der Waals surface area contributed by atoms with Crippen LogP contribution in [-0.4, -0.2) is 12.5 Å². The van der Waals surface area contributed by atoms with Gasteiger partial charge in [-0.05, 0) is 42.5 Å². The number of rotatable bonds is 5. The highest BCUT2D eigenvalue weighted by atomic mass is 19.4. The monoisotopic (exact) mass is 323 g/mol. The Morgan fingerprint density at radius 1 is 1.30 bits per heavy atom. The molecule has 0 radical (unpaired) electrons. The highest BCUT2D eigenvalue weighted by Gasteiger charge is 2.31. The van der Waals surface area contributed by atoms with Crippen molar-refractivity contribution >= 4 is 11.6 Å². The Morgan fingerprint density at radius 3 is 2.87 bits per heavy atom. The van der Waals surface area contributed by atoms with Crippen molar-refractivity contribution in [3.8, 4) is 0 Å². The molecule has 23 heavy (non-hydrogen) atoms. The largest absolute Gasteiger partial charge is 0.416 e. The molecule has 0 aromatic heterocycles. The number of benzene rings is 1. The van der Waals surface area contributed by atoms with Crippen LogP contribution in [0.2, 0.25) is 0 Å². The van der Waals surface area contributed by atoms with Crippen molar-refractivity contribution in [3.05, 3.63) is 53.3 Å². The molecule has 1 aromatic carbocycles. The molecule has 0 saturated heterocycles. The Bertz CT molecular complexity index is 679. The van der Waals surface area contributed by atoms with Crippen LogP contribution in [0.1, 0.15) is 18.4 Å². The predicted molar refractivity (Wildman–Crippen MR) is 80.1 cm³/mol. The van der Waals surface area contributed by atoms with Crippen LogP contribution in [-0.2, 0) is 11.0 Å². The third-order valence-corrected chi connectivity index (χ3v) is 3.95. The van der Waals surface area contributed by atoms with Gasteiger partial charge in [0.15, 0.2) is 0 Å². The van der Waals surface area contributed by atoms with E-state index in [4.69, 9.17) is 0 Å². The fourth-order valence-electron chi connectivity index (χ4n) is 2.70. The van der Waals surface area contributed by atoms with Gasteiger partial charge in [0.05, 0.1) is 12.1 Å². The lowest BCUT2D eigenvalue weighted by atomic mass is 9.84. The Balaban J connectivity index is 1.48. The summed E-state index contributed by atoms with van der Waals surface area (Å²) in [5, 5.41) is 2.68. The Hall–Kier alpha value is -2.44. The first-order chi connectivity index (χ1) is 10.9. The van der Waals surface area contributed by atoms with E-state index < -0.39 is 11.7 Å². The van der Waals surface area contributed by atoms with Gasteiger partial charge in [-0.25, -0.2) is 0 Å². The zero-order valence-corrected chi connectivity index (χ0v) is 12.2. The molecule has 0 spiro atoms. The number of hydrogen-bond acceptors (Lipinski definition) is 3. The van der Waals surface area contributed by atoms with Gasteiger partial charge < -0.3 is 10.7 Å². The molecule has 0 aliphatic heterocycles. The number of nitrogens with one attached hydrogen (secondary N) is 3. The lowest BCUT2D eigenvalue weighted by molar-refractivity contribution is -0.137. The Labute approximate surface area is 131 Å². The normalized spacial score (nSPS) is 19.2. The molecule has 2 aliphatic carbocycles. The number of amides is 1. The van der Waals surface area contributed by atoms with Crippen LogP contribution in [0.3, 0.4) is 0 Å². The summed E-state index contributed by atoms with van der Waals surface area (Å²) < 4.78 is 37.8. The molecular weight excluding hydrogens is 307 g/mol. The van der Waals surface area contributed by atoms with Gasteiger partial charge in [-0.1, -0.05) is 18.2 Å². The van der Waals surface area contributed by atoms with E-state index in [-0.39, 0.29) is 18.1 Å². The molecule has 122 valence electrons. The predicted octanol–water partition coefficient (Wildman–Crippen LogP) is 2.97. The van der Waals surface area contributed by atoms with Gasteiger partial charge in [0.25, 0.3) is 5.91 Å². The first-order valence-corrected chi connectivity index (χ1v) is 7.29. The summed E-state index contributed by atoms with van der Waals surface area (Å²) in [5.74, 6) is 0.221. The molecule has 3 N–H and O–H groups in total. The molecule has 4 nitrogen and oxygen atoms in total. The van der Waals surface area contributed by atoms with Crippen molar-refractivity contribution in [2.24, 2.45) is 5.92 Å². The number of hydrazine groups is 1. The number of carbonyl (C=O) groups excluding carboxylic acids is 1. The van der Waals surface area contributed by atoms with E-state index in [9.17, 15) is 18.0 Å². The van der Waals surface area contributed by atoms with Crippen LogP contribution in [0.25, 0.3) is 0 Å². The van der Waals surface area contributed by atoms with Gasteiger partial charge in [-0.3, -0.25) is 10.2 Å². The number of hydrogen-bond donors (Lipinski definition) is 3. The Morgan fingerprint density at radius 2 is 2.13 bits per heavy atom. The minimum absolute atomic E-state index is 0.115. The quantitative estimate of drug-likeness (QED) is 0.730. The van der Waals surface area contributed by atoms with Crippen LogP contribution in [0.5, 0.6) is 0 Å². The summed E-state index contributed by atoms with van der Waals surface area (Å²) in [7, 11) is 0. The average molecular weight is 323 g/mol. The molecule has 0 fully saturated rings. The van der Waals surface area contributed by atoms with Gasteiger partial charge in [-0.15, -0.1) is 0 Å². The summed E-state index contributed by atoms with van der Waals surface area (Å²) in [6.45, 7) is -0.115. The van der Waals surface area contributed by atoms with Crippen molar-refractivity contribution in [3.63, 3.8) is 0 Å². The fraction of sp³-hybridized carbons (Fsp3) is 0.312. The average Bonchev–Trinajstić information content (AvgIpc) is 2.86. The zero-order valence-electron chi connectivity index (χ0n) is 12.2. The second-order valence-corrected chi connectivity index (χ2v) is 5.58. The molecular formula is C16H16F3N3O. The van der Waals surface area contributed by atoms with Crippen LogP contribution in [0.15, 0.2) is 47.7 Å². The standard InChI is InChI=1S/C16H16F3N3O/c17-16(18,19)11-4-2-5-12(8-11)20-9-15(23)22-21-14-7-10-3-1-6-13(10)14/h1-2,4-6,8,10,20-21H,3,7,9H2,(H,22,23)/t10-/m1/s1. The van der Waals surface area contributed by atoms with Crippen molar-refractivity contribution in [1.29, 1.82) is 0 Å². The van der Waals surface area contributed by atoms with Crippen LogP contribution >= 0.6 is 0 Å². The molecule has 1 atom stereocenters. The van der Waals surface area contributed by atoms with E-state index in [1.54, 1.807) is 0 Å². The maximum absolute atomic E-state index is 12.6. The van der Waals surface area contributed by atoms with Crippen molar-refractivity contribution < 1.29 is 18.0 Å². The lowest BCUT2D eigenvalue weighted by Gasteiger charge is -2.28. The minimum atomic E-state index is -4.40. The molecule has 0 unspecified atom stereocenters. The summed E-state index contributed by atoms with van der Waals surface area (Å²) in [4.78, 5) is 11.7. The molecule has 1 aromatic rings. The molecule has 7 heteroatoms. The number of halogens is 3. The van der Waals surface area contributed by atoms with Crippen LogP contribution < -0.4 is 16.2 Å². The molecule has 1 amide bonds. The van der Waals surface area contributed by atoms with Crippen molar-refractivity contribution in [2.45, 2.75) is 19.0 Å². The topological polar surface area (TPSA) is 53.2 Å². The van der Waals surface area contributed by atoms with Crippen LogP contribution in [0, 0.1) is 5.92 Å². The SMILES string of the molecule is O=C(CNc1cccc(C(F)(F)F)c1)NNC1=C2C=CC[C@@H]2C1. The number of alkyl halides is 3. The van der Waals surface area contributed by atoms with Gasteiger partial charge >= 0.3 is 6.18 Å². The zero-order chi connectivity index (χ0) is 16.4. The third kappa shape index (κ3) is 3.49. The lowest BCUT2D eigenvalue weighted by Crippen LogP contribution is -2.43. The minimum Gasteiger partial charge on any atom is -0.376 e. The summed E-state index contributed by atoms with van der Waals surface area (Å²) >= 11 is 0.